The van der Waals surface area contributed by atoms with Crippen LogP contribution in [0.15, 0.2) is 12.1 Å². The second-order valence-electron chi connectivity index (χ2n) is 2.62. The molecule has 0 spiro atoms. The molecule has 0 aliphatic heterocycles. The molecular weight excluding hydrogens is 216 g/mol. The monoisotopic (exact) mass is 228 g/mol. The summed E-state index contributed by atoms with van der Waals surface area (Å²) in [5.74, 6) is 0.624. The Morgan fingerprint density at radius 1 is 1.47 bits per heavy atom. The predicted octanol–water partition coefficient (Wildman–Crippen LogP) is 0.967. The molecule has 6 heteroatoms. The van der Waals surface area contributed by atoms with Crippen LogP contribution in [-0.2, 0) is 4.79 Å². The van der Waals surface area contributed by atoms with Crippen molar-refractivity contribution in [1.29, 1.82) is 0 Å². The first kappa shape index (κ1) is 11.6. The maximum absolute atomic E-state index is 11.1. The van der Waals surface area contributed by atoms with Crippen molar-refractivity contribution in [2.24, 2.45) is 0 Å². The van der Waals surface area contributed by atoms with E-state index in [0.717, 1.165) is 0 Å². The number of hydrogen-bond donors (Lipinski definition) is 2. The molecule has 1 N–H and O–H groups in total. The number of pyridine rings is 1. The lowest BCUT2D eigenvalue weighted by Crippen LogP contribution is -2.13. The molecule has 1 heterocycles. The van der Waals surface area contributed by atoms with Gasteiger partial charge in [0.1, 0.15) is 5.69 Å². The molecule has 1 rings (SSSR count). The Labute approximate surface area is 93.2 Å². The number of rotatable bonds is 4. The zero-order valence-electron chi connectivity index (χ0n) is 8.48. The maximum Gasteiger partial charge on any atom is 0.240 e. The highest BCUT2D eigenvalue weighted by molar-refractivity contribution is 7.81. The highest BCUT2D eigenvalue weighted by atomic mass is 32.1. The summed E-state index contributed by atoms with van der Waals surface area (Å²) in [6, 6.07) is 3.29. The van der Waals surface area contributed by atoms with Crippen LogP contribution >= 0.6 is 12.6 Å². The number of anilines is 1. The van der Waals surface area contributed by atoms with Crippen molar-refractivity contribution in [2.75, 3.05) is 25.3 Å². The van der Waals surface area contributed by atoms with Gasteiger partial charge in [0, 0.05) is 6.07 Å². The van der Waals surface area contributed by atoms with Crippen LogP contribution in [0.1, 0.15) is 0 Å². The predicted molar refractivity (Wildman–Crippen MR) is 59.8 cm³/mol. The number of nitrogens with zero attached hydrogens (tertiary/aromatic N) is 1. The van der Waals surface area contributed by atoms with Crippen LogP contribution in [0, 0.1) is 0 Å². The van der Waals surface area contributed by atoms with Gasteiger partial charge in [-0.1, -0.05) is 0 Å². The van der Waals surface area contributed by atoms with E-state index in [-0.39, 0.29) is 11.7 Å². The van der Waals surface area contributed by atoms with Gasteiger partial charge in [0.05, 0.1) is 20.0 Å². The van der Waals surface area contributed by atoms with Gasteiger partial charge in [-0.05, 0) is 6.07 Å². The molecular formula is C9H12N2O3S. The summed E-state index contributed by atoms with van der Waals surface area (Å²) in [5.41, 5.74) is 0.498. The molecule has 5 nitrogen and oxygen atoms in total. The first-order valence-electron chi connectivity index (χ1n) is 4.21. The standard InChI is InChI=1S/C9H12N2O3S/c1-13-8-4-3-6(9(11-8)14-2)10-7(12)5-15/h3-4,15H,5H2,1-2H3,(H,10,12). The van der Waals surface area contributed by atoms with Gasteiger partial charge in [-0.25, -0.2) is 0 Å². The topological polar surface area (TPSA) is 60.5 Å². The van der Waals surface area contributed by atoms with Crippen molar-refractivity contribution in [3.05, 3.63) is 12.1 Å². The molecule has 1 aromatic rings. The molecule has 0 atom stereocenters. The summed E-state index contributed by atoms with van der Waals surface area (Å²) in [4.78, 5) is 15.1. The van der Waals surface area contributed by atoms with Gasteiger partial charge < -0.3 is 14.8 Å². The molecule has 15 heavy (non-hydrogen) atoms. The van der Waals surface area contributed by atoms with E-state index in [1.165, 1.54) is 14.2 Å². The molecule has 0 aliphatic carbocycles. The molecule has 0 bridgehead atoms. The Morgan fingerprint density at radius 3 is 2.73 bits per heavy atom. The Bertz CT molecular complexity index is 357. The van der Waals surface area contributed by atoms with Gasteiger partial charge in [-0.15, -0.1) is 0 Å². The van der Waals surface area contributed by atoms with Crippen LogP contribution in [0.25, 0.3) is 0 Å². The molecule has 0 aliphatic rings. The molecule has 0 fully saturated rings. The van der Waals surface area contributed by atoms with E-state index in [2.05, 4.69) is 22.9 Å². The fraction of sp³-hybridized carbons (Fsp3) is 0.333. The van der Waals surface area contributed by atoms with Gasteiger partial charge in [-0.2, -0.15) is 17.6 Å². The zero-order valence-corrected chi connectivity index (χ0v) is 9.38. The van der Waals surface area contributed by atoms with Crippen molar-refractivity contribution in [3.63, 3.8) is 0 Å². The van der Waals surface area contributed by atoms with E-state index < -0.39 is 0 Å². The van der Waals surface area contributed by atoms with E-state index in [1.807, 2.05) is 0 Å². The minimum atomic E-state index is -0.219. The molecule has 0 aromatic carbocycles. The molecule has 0 saturated heterocycles. The van der Waals surface area contributed by atoms with Gasteiger partial charge in [0.25, 0.3) is 0 Å². The third-order valence-electron chi connectivity index (χ3n) is 1.65. The van der Waals surface area contributed by atoms with Crippen LogP contribution in [0.4, 0.5) is 5.69 Å². The lowest BCUT2D eigenvalue weighted by atomic mass is 10.4. The number of amides is 1. The second-order valence-corrected chi connectivity index (χ2v) is 2.93. The van der Waals surface area contributed by atoms with Crippen molar-refractivity contribution in [1.82, 2.24) is 4.98 Å². The Hall–Kier alpha value is -1.43. The van der Waals surface area contributed by atoms with Crippen LogP contribution in [0.3, 0.4) is 0 Å². The van der Waals surface area contributed by atoms with Gasteiger partial charge in [0.2, 0.25) is 17.7 Å². The van der Waals surface area contributed by atoms with Crippen molar-refractivity contribution in [2.45, 2.75) is 0 Å². The van der Waals surface area contributed by atoms with Crippen LogP contribution < -0.4 is 14.8 Å². The second kappa shape index (κ2) is 5.45. The lowest BCUT2D eigenvalue weighted by molar-refractivity contribution is -0.113. The van der Waals surface area contributed by atoms with E-state index >= 15 is 0 Å². The highest BCUT2D eigenvalue weighted by Gasteiger charge is 2.08. The van der Waals surface area contributed by atoms with E-state index in [9.17, 15) is 4.79 Å². The number of carbonyl (C=O) groups is 1. The largest absolute Gasteiger partial charge is 0.481 e. The number of thiol groups is 1. The molecule has 1 amide bonds. The Balaban J connectivity index is 2.92. The SMILES string of the molecule is COc1ccc(NC(=O)CS)c(OC)n1. The number of ether oxygens (including phenoxy) is 2. The van der Waals surface area contributed by atoms with Gasteiger partial charge in [0.15, 0.2) is 0 Å². The highest BCUT2D eigenvalue weighted by Crippen LogP contribution is 2.24. The van der Waals surface area contributed by atoms with Crippen LogP contribution in [-0.4, -0.2) is 30.9 Å². The summed E-state index contributed by atoms with van der Waals surface area (Å²) >= 11 is 3.85. The Kier molecular flexibility index (Phi) is 4.23. The van der Waals surface area contributed by atoms with E-state index in [4.69, 9.17) is 9.47 Å². The fourth-order valence-electron chi connectivity index (χ4n) is 0.978. The van der Waals surface area contributed by atoms with Crippen molar-refractivity contribution >= 4 is 24.2 Å². The third-order valence-corrected chi connectivity index (χ3v) is 1.94. The quantitative estimate of drug-likeness (QED) is 0.754. The number of hydrogen-bond acceptors (Lipinski definition) is 5. The van der Waals surface area contributed by atoms with Crippen LogP contribution in [0.5, 0.6) is 11.8 Å². The van der Waals surface area contributed by atoms with Gasteiger partial charge in [-0.3, -0.25) is 4.79 Å². The number of carbonyl (C=O) groups excluding carboxylic acids is 1. The summed E-state index contributed by atoms with van der Waals surface area (Å²) in [6.07, 6.45) is 0. The van der Waals surface area contributed by atoms with Crippen molar-refractivity contribution < 1.29 is 14.3 Å². The molecule has 82 valence electrons. The van der Waals surface area contributed by atoms with Crippen LogP contribution in [0.2, 0.25) is 0 Å². The summed E-state index contributed by atoms with van der Waals surface area (Å²) in [6.45, 7) is 0. The summed E-state index contributed by atoms with van der Waals surface area (Å²) in [7, 11) is 2.98. The average Bonchev–Trinajstić information content (AvgIpc) is 2.29. The number of methoxy groups -OCH3 is 2. The number of nitrogens with one attached hydrogen (secondary N) is 1. The minimum absolute atomic E-state index is 0.106. The van der Waals surface area contributed by atoms with Gasteiger partial charge >= 0.3 is 0 Å². The first-order valence-corrected chi connectivity index (χ1v) is 4.84. The molecule has 0 unspecified atom stereocenters. The fourth-order valence-corrected chi connectivity index (χ4v) is 1.06. The smallest absolute Gasteiger partial charge is 0.240 e. The van der Waals surface area contributed by atoms with Crippen molar-refractivity contribution in [3.8, 4) is 11.8 Å². The molecule has 1 aromatic heterocycles. The normalized spacial score (nSPS) is 9.53. The molecule has 0 radical (unpaired) electrons. The third kappa shape index (κ3) is 3.02. The number of aromatic nitrogens is 1. The molecule has 0 saturated carbocycles. The van der Waals surface area contributed by atoms with E-state index in [1.54, 1.807) is 12.1 Å². The summed E-state index contributed by atoms with van der Waals surface area (Å²) < 4.78 is 9.93. The minimum Gasteiger partial charge on any atom is -0.481 e. The van der Waals surface area contributed by atoms with E-state index in [0.29, 0.717) is 17.4 Å². The maximum atomic E-state index is 11.1. The Morgan fingerprint density at radius 2 is 2.20 bits per heavy atom. The zero-order chi connectivity index (χ0) is 11.3. The lowest BCUT2D eigenvalue weighted by Gasteiger charge is -2.09. The average molecular weight is 228 g/mol. The summed E-state index contributed by atoms with van der Waals surface area (Å²) in [5, 5.41) is 2.60. The first-order chi connectivity index (χ1) is 7.21.